The molecule has 1 aliphatic rings. The van der Waals surface area contributed by atoms with Gasteiger partial charge in [0.25, 0.3) is 0 Å². The lowest BCUT2D eigenvalue weighted by atomic mass is 9.98. The molecular weight excluding hydrogens is 417 g/mol. The monoisotopic (exact) mass is 439 g/mol. The molecule has 156 valence electrons. The van der Waals surface area contributed by atoms with E-state index in [0.717, 1.165) is 11.1 Å². The average Bonchev–Trinajstić information content (AvgIpc) is 2.69. The van der Waals surface area contributed by atoms with Gasteiger partial charge < -0.3 is 4.74 Å². The van der Waals surface area contributed by atoms with Gasteiger partial charge in [-0.25, -0.2) is 12.8 Å². The Balaban J connectivity index is 1.58. The summed E-state index contributed by atoms with van der Waals surface area (Å²) in [6, 6.07) is 8.99. The van der Waals surface area contributed by atoms with Crippen LogP contribution < -0.4 is 0 Å². The summed E-state index contributed by atoms with van der Waals surface area (Å²) in [5, 5.41) is 0.201. The van der Waals surface area contributed by atoms with Crippen LogP contribution in [-0.4, -0.2) is 31.8 Å². The van der Waals surface area contributed by atoms with Crippen molar-refractivity contribution in [1.82, 2.24) is 4.31 Å². The van der Waals surface area contributed by atoms with E-state index < -0.39 is 21.8 Å². The van der Waals surface area contributed by atoms with Gasteiger partial charge in [0.1, 0.15) is 12.4 Å². The van der Waals surface area contributed by atoms with Crippen LogP contribution in [0.1, 0.15) is 29.5 Å². The summed E-state index contributed by atoms with van der Waals surface area (Å²) in [6.07, 6.45) is 0.778. The lowest BCUT2D eigenvalue weighted by Crippen LogP contribution is -2.40. The van der Waals surface area contributed by atoms with E-state index in [1.54, 1.807) is 18.2 Å². The summed E-state index contributed by atoms with van der Waals surface area (Å²) >= 11 is 5.94. The Labute approximate surface area is 175 Å². The summed E-state index contributed by atoms with van der Waals surface area (Å²) < 4.78 is 45.5. The third kappa shape index (κ3) is 4.97. The van der Waals surface area contributed by atoms with Crippen molar-refractivity contribution in [2.45, 2.75) is 38.2 Å². The van der Waals surface area contributed by atoms with Crippen molar-refractivity contribution in [3.8, 4) is 0 Å². The molecular formula is C21H23ClFNO4S. The normalized spacial score (nSPS) is 16.0. The van der Waals surface area contributed by atoms with Crippen molar-refractivity contribution >= 4 is 27.6 Å². The number of esters is 1. The van der Waals surface area contributed by atoms with Crippen LogP contribution in [0.15, 0.2) is 41.3 Å². The van der Waals surface area contributed by atoms with Crippen LogP contribution in [0, 0.1) is 25.6 Å². The quantitative estimate of drug-likeness (QED) is 0.653. The number of benzene rings is 2. The van der Waals surface area contributed by atoms with Crippen LogP contribution in [0.3, 0.4) is 0 Å². The van der Waals surface area contributed by atoms with Crippen molar-refractivity contribution in [1.29, 1.82) is 0 Å². The molecule has 0 N–H and O–H groups in total. The molecule has 0 bridgehead atoms. The number of sulfonamides is 1. The van der Waals surface area contributed by atoms with Gasteiger partial charge in [0.15, 0.2) is 0 Å². The van der Waals surface area contributed by atoms with Crippen LogP contribution in [-0.2, 0) is 26.2 Å². The van der Waals surface area contributed by atoms with Crippen molar-refractivity contribution in [3.63, 3.8) is 0 Å². The highest BCUT2D eigenvalue weighted by Crippen LogP contribution is 2.26. The van der Waals surface area contributed by atoms with E-state index in [-0.39, 0.29) is 35.5 Å². The maximum atomic E-state index is 13.1. The molecule has 0 radical (unpaired) electrons. The van der Waals surface area contributed by atoms with Crippen LogP contribution in [0.5, 0.6) is 0 Å². The molecule has 29 heavy (non-hydrogen) atoms. The molecule has 1 heterocycles. The van der Waals surface area contributed by atoms with Crippen LogP contribution in [0.4, 0.5) is 4.39 Å². The highest BCUT2D eigenvalue weighted by atomic mass is 35.5. The number of rotatable bonds is 5. The molecule has 1 saturated heterocycles. The number of nitrogens with zero attached hydrogens (tertiary/aromatic N) is 1. The molecule has 0 amide bonds. The van der Waals surface area contributed by atoms with E-state index in [9.17, 15) is 17.6 Å². The minimum absolute atomic E-state index is 0.0426. The molecule has 1 fully saturated rings. The van der Waals surface area contributed by atoms with E-state index in [2.05, 4.69) is 0 Å². The highest BCUT2D eigenvalue weighted by molar-refractivity contribution is 7.89. The number of carbonyl (C=O) groups is 1. The van der Waals surface area contributed by atoms with E-state index in [1.165, 1.54) is 22.5 Å². The van der Waals surface area contributed by atoms with Gasteiger partial charge in [-0.15, -0.1) is 0 Å². The standard InChI is InChI=1S/C21H23ClFNO4S/c1-14-3-6-19(11-15(14)2)29(26,27)24-9-7-16(8-10-24)21(25)28-13-17-4-5-18(23)12-20(17)22/h3-6,11-12,16H,7-10,13H2,1-2H3. The first-order chi connectivity index (χ1) is 13.7. The molecule has 1 aliphatic heterocycles. The summed E-state index contributed by atoms with van der Waals surface area (Å²) in [4.78, 5) is 12.6. The first-order valence-corrected chi connectivity index (χ1v) is 11.2. The van der Waals surface area contributed by atoms with Gasteiger partial charge in [-0.3, -0.25) is 4.79 Å². The Morgan fingerprint density at radius 1 is 1.14 bits per heavy atom. The van der Waals surface area contributed by atoms with Crippen molar-refractivity contribution in [2.24, 2.45) is 5.92 Å². The lowest BCUT2D eigenvalue weighted by Gasteiger charge is -2.30. The fourth-order valence-electron chi connectivity index (χ4n) is 3.26. The van der Waals surface area contributed by atoms with E-state index in [1.807, 2.05) is 13.8 Å². The largest absolute Gasteiger partial charge is 0.461 e. The molecule has 3 rings (SSSR count). The van der Waals surface area contributed by atoms with Gasteiger partial charge in [0.2, 0.25) is 10.0 Å². The maximum Gasteiger partial charge on any atom is 0.309 e. The Morgan fingerprint density at radius 2 is 1.83 bits per heavy atom. The fraction of sp³-hybridized carbons (Fsp3) is 0.381. The summed E-state index contributed by atoms with van der Waals surface area (Å²) in [7, 11) is -3.59. The van der Waals surface area contributed by atoms with Gasteiger partial charge in [-0.05, 0) is 62.1 Å². The first kappa shape index (κ1) is 21.7. The van der Waals surface area contributed by atoms with Gasteiger partial charge in [-0.2, -0.15) is 4.31 Å². The molecule has 8 heteroatoms. The fourth-order valence-corrected chi connectivity index (χ4v) is 5.04. The number of halogens is 2. The average molecular weight is 440 g/mol. The lowest BCUT2D eigenvalue weighted by molar-refractivity contribution is -0.151. The SMILES string of the molecule is Cc1ccc(S(=O)(=O)N2CCC(C(=O)OCc3ccc(F)cc3Cl)CC2)cc1C. The summed E-state index contributed by atoms with van der Waals surface area (Å²) in [5.74, 6) is -1.23. The molecule has 0 aliphatic carbocycles. The molecule has 5 nitrogen and oxygen atoms in total. The maximum absolute atomic E-state index is 13.1. The molecule has 0 atom stereocenters. The number of aryl methyl sites for hydroxylation is 2. The van der Waals surface area contributed by atoms with Crippen LogP contribution in [0.2, 0.25) is 5.02 Å². The Kier molecular flexibility index (Phi) is 6.61. The Morgan fingerprint density at radius 3 is 2.45 bits per heavy atom. The van der Waals surface area contributed by atoms with Crippen molar-refractivity contribution in [2.75, 3.05) is 13.1 Å². The van der Waals surface area contributed by atoms with Gasteiger partial charge in [-0.1, -0.05) is 23.7 Å². The van der Waals surface area contributed by atoms with Gasteiger partial charge in [0, 0.05) is 18.7 Å². The topological polar surface area (TPSA) is 63.7 Å². The number of hydrogen-bond donors (Lipinski definition) is 0. The van der Waals surface area contributed by atoms with Crippen molar-refractivity contribution < 1.29 is 22.3 Å². The zero-order valence-electron chi connectivity index (χ0n) is 16.3. The van der Waals surface area contributed by atoms with Gasteiger partial charge in [0.05, 0.1) is 15.8 Å². The van der Waals surface area contributed by atoms with Crippen molar-refractivity contribution in [3.05, 3.63) is 63.9 Å². The van der Waals surface area contributed by atoms with E-state index in [4.69, 9.17) is 16.3 Å². The second kappa shape index (κ2) is 8.81. The number of carbonyl (C=O) groups excluding carboxylic acids is 1. The molecule has 2 aromatic carbocycles. The Hall–Kier alpha value is -1.96. The summed E-state index contributed by atoms with van der Waals surface area (Å²) in [5.41, 5.74) is 2.48. The second-order valence-electron chi connectivity index (χ2n) is 7.27. The first-order valence-electron chi connectivity index (χ1n) is 9.36. The predicted octanol–water partition coefficient (Wildman–Crippen LogP) is 4.24. The zero-order chi connectivity index (χ0) is 21.2. The number of hydrogen-bond acceptors (Lipinski definition) is 4. The van der Waals surface area contributed by atoms with E-state index in [0.29, 0.717) is 18.4 Å². The second-order valence-corrected chi connectivity index (χ2v) is 9.61. The van der Waals surface area contributed by atoms with Gasteiger partial charge >= 0.3 is 5.97 Å². The minimum atomic E-state index is -3.59. The number of piperidine rings is 1. The third-order valence-corrected chi connectivity index (χ3v) is 7.53. The number of ether oxygens (including phenoxy) is 1. The predicted molar refractivity (Wildman–Crippen MR) is 109 cm³/mol. The zero-order valence-corrected chi connectivity index (χ0v) is 17.9. The molecule has 2 aromatic rings. The smallest absolute Gasteiger partial charge is 0.309 e. The highest BCUT2D eigenvalue weighted by Gasteiger charge is 2.33. The van der Waals surface area contributed by atoms with E-state index >= 15 is 0 Å². The molecule has 0 aromatic heterocycles. The summed E-state index contributed by atoms with van der Waals surface area (Å²) in [6.45, 7) is 4.28. The van der Waals surface area contributed by atoms with Crippen LogP contribution in [0.25, 0.3) is 0 Å². The molecule has 0 saturated carbocycles. The molecule has 0 unspecified atom stereocenters. The van der Waals surface area contributed by atoms with Crippen LogP contribution >= 0.6 is 11.6 Å². The Bertz CT molecular complexity index is 1020. The minimum Gasteiger partial charge on any atom is -0.461 e. The molecule has 0 spiro atoms. The third-order valence-electron chi connectivity index (χ3n) is 5.29.